The lowest BCUT2D eigenvalue weighted by Crippen LogP contribution is -1.89. The number of H-pyrrole nitrogens is 3. The van der Waals surface area contributed by atoms with Crippen molar-refractivity contribution in [3.05, 3.63) is 113 Å². The molecule has 0 fully saturated rings. The van der Waals surface area contributed by atoms with E-state index in [1.165, 1.54) is 22.1 Å². The summed E-state index contributed by atoms with van der Waals surface area (Å²) >= 11 is 0. The average molecular weight is 405 g/mol. The van der Waals surface area contributed by atoms with Crippen LogP contribution in [0.4, 0.5) is 0 Å². The van der Waals surface area contributed by atoms with Crippen molar-refractivity contribution in [2.75, 3.05) is 0 Å². The summed E-state index contributed by atoms with van der Waals surface area (Å²) < 4.78 is 0. The zero-order valence-electron chi connectivity index (χ0n) is 17.2. The van der Waals surface area contributed by atoms with Crippen molar-refractivity contribution >= 4 is 35.2 Å². The summed E-state index contributed by atoms with van der Waals surface area (Å²) in [5.41, 5.74) is 7.96. The number of aromatic amines is 3. The fourth-order valence-corrected chi connectivity index (χ4v) is 3.67. The summed E-state index contributed by atoms with van der Waals surface area (Å²) in [5.74, 6) is 0. The predicted molar refractivity (Wildman–Crippen MR) is 129 cm³/mol. The zero-order chi connectivity index (χ0) is 20.9. The smallest absolute Gasteiger partial charge is 0.0854 e. The third-order valence-corrected chi connectivity index (χ3v) is 5.40. The number of nitrogens with one attached hydrogen (secondary N) is 3. The van der Waals surface area contributed by atoms with E-state index in [0.29, 0.717) is 0 Å². The molecule has 3 N–H and O–H groups in total. The van der Waals surface area contributed by atoms with Crippen molar-refractivity contribution in [1.82, 2.24) is 20.2 Å². The molecule has 0 atom stereocenters. The van der Waals surface area contributed by atoms with Crippen LogP contribution in [-0.4, -0.2) is 20.2 Å². The zero-order valence-corrected chi connectivity index (χ0v) is 17.2. The van der Waals surface area contributed by atoms with Gasteiger partial charge in [0.2, 0.25) is 0 Å². The van der Waals surface area contributed by atoms with Gasteiger partial charge in [0, 0.05) is 23.6 Å². The number of hydrogen-bond acceptors (Lipinski definition) is 1. The van der Waals surface area contributed by atoms with Crippen molar-refractivity contribution in [3.8, 4) is 0 Å². The molecule has 152 valence electrons. The minimum absolute atomic E-state index is 0.910. The first kappa shape index (κ1) is 18.9. The van der Waals surface area contributed by atoms with E-state index in [0.717, 1.165) is 35.4 Å². The van der Waals surface area contributed by atoms with E-state index < -0.39 is 0 Å². The number of nitrogens with zero attached hydrogens (tertiary/aromatic N) is 1. The highest BCUT2D eigenvalue weighted by Crippen LogP contribution is 2.17. The minimum Gasteiger partial charge on any atom is -0.367 e. The van der Waals surface area contributed by atoms with Crippen molar-refractivity contribution < 1.29 is 0 Å². The van der Waals surface area contributed by atoms with Crippen molar-refractivity contribution in [2.45, 2.75) is 12.8 Å². The maximum atomic E-state index is 4.39. The topological polar surface area (TPSA) is 60.3 Å². The lowest BCUT2D eigenvalue weighted by molar-refractivity contribution is 0.962. The number of aryl methyl sites for hydroxylation is 2. The summed E-state index contributed by atoms with van der Waals surface area (Å²) in [6, 6.07) is 23.3. The highest BCUT2D eigenvalue weighted by atomic mass is 15.1. The second-order valence-corrected chi connectivity index (χ2v) is 7.69. The molecule has 0 bridgehead atoms. The SMILES string of the molecule is C(=C\c1cc(/C=C/c2cc3ccccc3[nH]2)[nH]n1)/c1ccc(CCc2cc[nH]c2)cc1. The molecule has 0 aliphatic heterocycles. The van der Waals surface area contributed by atoms with Crippen LogP contribution in [0, 0.1) is 0 Å². The van der Waals surface area contributed by atoms with Crippen molar-refractivity contribution in [2.24, 2.45) is 0 Å². The Balaban J connectivity index is 1.19. The van der Waals surface area contributed by atoms with Gasteiger partial charge in [0.25, 0.3) is 0 Å². The van der Waals surface area contributed by atoms with Crippen LogP contribution in [0.1, 0.15) is 33.8 Å². The Morgan fingerprint density at radius 1 is 0.742 bits per heavy atom. The molecule has 3 heterocycles. The standard InChI is InChI=1S/C27H24N4/c1-2-4-27-23(3-1)17-24(29-27)13-14-26-18-25(30-31-26)12-11-21-7-5-20(6-8-21)9-10-22-15-16-28-19-22/h1-8,11-19,28-29H,9-10H2,(H,30,31)/b12-11+,14-13+. The van der Waals surface area contributed by atoms with Gasteiger partial charge in [0.15, 0.2) is 0 Å². The van der Waals surface area contributed by atoms with Gasteiger partial charge in [-0.05, 0) is 77.4 Å². The van der Waals surface area contributed by atoms with E-state index in [2.05, 4.69) is 87.0 Å². The number of benzene rings is 2. The second-order valence-electron chi connectivity index (χ2n) is 7.69. The summed E-state index contributed by atoms with van der Waals surface area (Å²) in [4.78, 5) is 6.51. The maximum absolute atomic E-state index is 4.39. The fraction of sp³-hybridized carbons (Fsp3) is 0.0741. The van der Waals surface area contributed by atoms with Crippen LogP contribution >= 0.6 is 0 Å². The Bertz CT molecular complexity index is 1280. The molecule has 2 aromatic carbocycles. The molecule has 0 amide bonds. The van der Waals surface area contributed by atoms with Gasteiger partial charge in [-0.15, -0.1) is 0 Å². The highest BCUT2D eigenvalue weighted by molar-refractivity contribution is 5.84. The van der Waals surface area contributed by atoms with Crippen LogP contribution < -0.4 is 0 Å². The Hall–Kier alpha value is -4.05. The van der Waals surface area contributed by atoms with Gasteiger partial charge in [-0.25, -0.2) is 0 Å². The summed E-state index contributed by atoms with van der Waals surface area (Å²) in [6.45, 7) is 0. The van der Waals surface area contributed by atoms with Crippen molar-refractivity contribution in [1.29, 1.82) is 0 Å². The number of rotatable bonds is 7. The quantitative estimate of drug-likeness (QED) is 0.291. The van der Waals surface area contributed by atoms with Gasteiger partial charge in [-0.2, -0.15) is 5.10 Å². The lowest BCUT2D eigenvalue weighted by Gasteiger charge is -2.01. The van der Waals surface area contributed by atoms with E-state index in [1.807, 2.05) is 36.5 Å². The Labute approximate surface area is 181 Å². The summed E-state index contributed by atoms with van der Waals surface area (Å²) in [5, 5.41) is 8.68. The van der Waals surface area contributed by atoms with Crippen LogP contribution in [0.2, 0.25) is 0 Å². The highest BCUT2D eigenvalue weighted by Gasteiger charge is 1.99. The molecule has 0 saturated heterocycles. The van der Waals surface area contributed by atoms with Crippen LogP contribution in [0.15, 0.2) is 79.1 Å². The van der Waals surface area contributed by atoms with Crippen LogP contribution in [0.3, 0.4) is 0 Å². The summed E-state index contributed by atoms with van der Waals surface area (Å²) in [6.07, 6.45) is 14.4. The third kappa shape index (κ3) is 4.75. The van der Waals surface area contributed by atoms with Gasteiger partial charge in [0.1, 0.15) is 0 Å². The van der Waals surface area contributed by atoms with E-state index in [9.17, 15) is 0 Å². The first-order chi connectivity index (χ1) is 15.3. The number of fused-ring (bicyclic) bond motifs is 1. The average Bonchev–Trinajstić information content (AvgIpc) is 3.56. The number of aromatic nitrogens is 4. The molecule has 0 aliphatic carbocycles. The predicted octanol–water partition coefficient (Wildman–Crippen LogP) is 6.35. The first-order valence-corrected chi connectivity index (χ1v) is 10.5. The molecular weight excluding hydrogens is 380 g/mol. The third-order valence-electron chi connectivity index (χ3n) is 5.40. The molecule has 0 unspecified atom stereocenters. The van der Waals surface area contributed by atoms with E-state index in [4.69, 9.17) is 0 Å². The van der Waals surface area contributed by atoms with Crippen LogP contribution in [0.5, 0.6) is 0 Å². The Morgan fingerprint density at radius 2 is 1.58 bits per heavy atom. The van der Waals surface area contributed by atoms with Gasteiger partial charge in [-0.1, -0.05) is 48.5 Å². The Kier molecular flexibility index (Phi) is 5.35. The molecule has 3 aromatic heterocycles. The molecular formula is C27H24N4. The molecule has 31 heavy (non-hydrogen) atoms. The molecule has 0 aliphatic rings. The van der Waals surface area contributed by atoms with Crippen molar-refractivity contribution in [3.63, 3.8) is 0 Å². The largest absolute Gasteiger partial charge is 0.367 e. The molecule has 5 rings (SSSR count). The summed E-state index contributed by atoms with van der Waals surface area (Å²) in [7, 11) is 0. The first-order valence-electron chi connectivity index (χ1n) is 10.5. The monoisotopic (exact) mass is 404 g/mol. The Morgan fingerprint density at radius 3 is 2.42 bits per heavy atom. The molecule has 0 spiro atoms. The fourth-order valence-electron chi connectivity index (χ4n) is 3.67. The number of hydrogen-bond donors (Lipinski definition) is 3. The molecule has 0 saturated carbocycles. The van der Waals surface area contributed by atoms with E-state index in [-0.39, 0.29) is 0 Å². The molecule has 5 aromatic rings. The second kappa shape index (κ2) is 8.76. The lowest BCUT2D eigenvalue weighted by atomic mass is 10.0. The molecule has 4 heteroatoms. The minimum atomic E-state index is 0.910. The van der Waals surface area contributed by atoms with Gasteiger partial charge < -0.3 is 9.97 Å². The van der Waals surface area contributed by atoms with Crippen LogP contribution in [-0.2, 0) is 12.8 Å². The van der Waals surface area contributed by atoms with E-state index >= 15 is 0 Å². The van der Waals surface area contributed by atoms with Crippen LogP contribution in [0.25, 0.3) is 35.2 Å². The van der Waals surface area contributed by atoms with Gasteiger partial charge in [-0.3, -0.25) is 5.10 Å². The van der Waals surface area contributed by atoms with Gasteiger partial charge >= 0.3 is 0 Å². The molecule has 0 radical (unpaired) electrons. The number of para-hydroxylation sites is 1. The molecule has 4 nitrogen and oxygen atoms in total. The maximum Gasteiger partial charge on any atom is 0.0854 e. The van der Waals surface area contributed by atoms with E-state index in [1.54, 1.807) is 0 Å². The normalized spacial score (nSPS) is 11.9. The van der Waals surface area contributed by atoms with Gasteiger partial charge in [0.05, 0.1) is 11.4 Å².